The van der Waals surface area contributed by atoms with Crippen LogP contribution in [0.1, 0.15) is 132 Å². The molecule has 0 spiro atoms. The van der Waals surface area contributed by atoms with Crippen LogP contribution < -0.4 is 15.9 Å². The van der Waals surface area contributed by atoms with E-state index in [4.69, 9.17) is 9.47 Å². The first-order chi connectivity index (χ1) is 23.4. The lowest BCUT2D eigenvalue weighted by molar-refractivity contribution is -0.148. The van der Waals surface area contributed by atoms with E-state index in [1.54, 1.807) is 0 Å². The van der Waals surface area contributed by atoms with Crippen molar-refractivity contribution < 1.29 is 9.47 Å². The van der Waals surface area contributed by atoms with Crippen molar-refractivity contribution in [2.75, 3.05) is 13.2 Å². The molecule has 2 nitrogen and oxygen atoms in total. The third kappa shape index (κ3) is 13.2. The summed E-state index contributed by atoms with van der Waals surface area (Å²) < 4.78 is 12.3. The lowest BCUT2D eigenvalue weighted by Crippen LogP contribution is -2.31. The first kappa shape index (κ1) is 40.7. The number of halogens is 1. The van der Waals surface area contributed by atoms with E-state index >= 15 is 0 Å². The predicted molar refractivity (Wildman–Crippen MR) is 217 cm³/mol. The smallest absolute Gasteiger partial charge is 0.181 e. The fourth-order valence-electron chi connectivity index (χ4n) is 6.58. The van der Waals surface area contributed by atoms with Crippen LogP contribution in [0.2, 0.25) is 0 Å². The maximum Gasteiger partial charge on any atom is 0.181 e. The number of benzene rings is 3. The van der Waals surface area contributed by atoms with Crippen LogP contribution in [0.15, 0.2) is 78.9 Å². The van der Waals surface area contributed by atoms with Gasteiger partial charge in [0.25, 0.3) is 0 Å². The predicted octanol–water partition coefficient (Wildman–Crippen LogP) is 12.6. The summed E-state index contributed by atoms with van der Waals surface area (Å²) in [6.45, 7) is 13.0. The molecule has 0 atom stereocenters. The Morgan fingerprint density at radius 3 is 1.67 bits per heavy atom. The maximum absolute atomic E-state index is 6.16. The van der Waals surface area contributed by atoms with Gasteiger partial charge in [-0.15, -0.1) is 0 Å². The topological polar surface area (TPSA) is 18.5 Å². The molecule has 0 bridgehead atoms. The molecule has 0 N–H and O–H groups in total. The maximum atomic E-state index is 6.16. The van der Waals surface area contributed by atoms with Crippen LogP contribution in [-0.2, 0) is 15.9 Å². The first-order valence-electron chi connectivity index (χ1n) is 19.1. The zero-order chi connectivity index (χ0) is 34.5. The average Bonchev–Trinajstić information content (AvgIpc) is 3.09. The van der Waals surface area contributed by atoms with Crippen molar-refractivity contribution in [3.05, 3.63) is 101 Å². The normalized spacial score (nSPS) is 12.1. The molecule has 0 aliphatic heterocycles. The second kappa shape index (κ2) is 23.6. The molecule has 48 heavy (non-hydrogen) atoms. The Labute approximate surface area is 303 Å². The third-order valence-electron chi connectivity index (χ3n) is 9.54. The molecular formula is C44H65BrO2P+. The van der Waals surface area contributed by atoms with E-state index in [0.29, 0.717) is 0 Å². The van der Waals surface area contributed by atoms with E-state index in [1.807, 2.05) is 0 Å². The fraction of sp³-hybridized carbons (Fsp3) is 0.545. The van der Waals surface area contributed by atoms with Gasteiger partial charge >= 0.3 is 0 Å². The van der Waals surface area contributed by atoms with Gasteiger partial charge in [-0.25, -0.2) is 0 Å². The second-order valence-electron chi connectivity index (χ2n) is 13.5. The van der Waals surface area contributed by atoms with Crippen LogP contribution in [0.5, 0.6) is 0 Å². The van der Waals surface area contributed by atoms with Gasteiger partial charge in [0, 0.05) is 13.2 Å². The Kier molecular flexibility index (Phi) is 20.0. The van der Waals surface area contributed by atoms with Crippen LogP contribution in [0.25, 0.3) is 0 Å². The van der Waals surface area contributed by atoms with E-state index in [1.165, 1.54) is 109 Å². The summed E-state index contributed by atoms with van der Waals surface area (Å²) in [4.78, 5) is 0. The lowest BCUT2D eigenvalue weighted by Gasteiger charge is -2.25. The number of rotatable bonds is 25. The highest BCUT2D eigenvalue weighted by Gasteiger charge is 2.47. The van der Waals surface area contributed by atoms with Crippen LogP contribution in [0.3, 0.4) is 0 Å². The highest BCUT2D eigenvalue weighted by molar-refractivity contribution is 9.44. The van der Waals surface area contributed by atoms with Crippen molar-refractivity contribution in [3.8, 4) is 0 Å². The molecule has 3 aromatic carbocycles. The number of unbranched alkanes of at least 4 members (excludes halogenated alkanes) is 10. The molecule has 0 radical (unpaired) electrons. The molecule has 0 fully saturated rings. The van der Waals surface area contributed by atoms with Gasteiger partial charge in [0.2, 0.25) is 0 Å². The zero-order valence-electron chi connectivity index (χ0n) is 31.0. The molecule has 3 aromatic rings. The van der Waals surface area contributed by atoms with Crippen molar-refractivity contribution >= 4 is 37.4 Å². The number of allylic oxidation sites excluding steroid dienone is 2. The zero-order valence-corrected chi connectivity index (χ0v) is 33.4. The second-order valence-corrected chi connectivity index (χ2v) is 19.3. The molecule has 0 unspecified atom stereocenters. The standard InChI is InChI=1S/C44H65BrO2P/c1-6-8-10-24-35-46-44(47-36-25-11-9-7-2)34-19-17-15-13-12-14-16-18-29-40-30-26-33-43(39(40)5)48(45,41-31-22-20-27-37(41)3)42-32-23-21-28-38(42)4/h12,14,20-23,26-28,30-33,44H,6-11,13,15-19,24-25,29,34-36H2,1-5H3/q+1/b14-12-. The van der Waals surface area contributed by atoms with Crippen molar-refractivity contribution in [2.45, 2.75) is 144 Å². The molecule has 0 saturated carbocycles. The van der Waals surface area contributed by atoms with E-state index in [2.05, 4.69) is 129 Å². The Hall–Kier alpha value is -1.77. The molecule has 0 aliphatic carbocycles. The lowest BCUT2D eigenvalue weighted by atomic mass is 10.0. The Bertz CT molecular complexity index is 1280. The van der Waals surface area contributed by atoms with E-state index in [0.717, 1.165) is 45.3 Å². The summed E-state index contributed by atoms with van der Waals surface area (Å²) in [5.41, 5.74) is 5.60. The molecule has 0 heterocycles. The van der Waals surface area contributed by atoms with Gasteiger partial charge in [0.1, 0.15) is 15.9 Å². The van der Waals surface area contributed by atoms with E-state index < -0.39 is 5.96 Å². The Balaban J connectivity index is 1.47. The van der Waals surface area contributed by atoms with Gasteiger partial charge in [-0.2, -0.15) is 0 Å². The van der Waals surface area contributed by atoms with E-state index in [-0.39, 0.29) is 6.29 Å². The van der Waals surface area contributed by atoms with Gasteiger partial charge in [-0.05, 0) is 119 Å². The highest BCUT2D eigenvalue weighted by Crippen LogP contribution is 2.64. The molecular weight excluding hydrogens is 671 g/mol. The third-order valence-corrected chi connectivity index (χ3v) is 16.5. The van der Waals surface area contributed by atoms with Crippen molar-refractivity contribution in [1.29, 1.82) is 0 Å². The summed E-state index contributed by atoms with van der Waals surface area (Å²) in [5, 5.41) is 4.29. The Morgan fingerprint density at radius 1 is 0.583 bits per heavy atom. The summed E-state index contributed by atoms with van der Waals surface area (Å²) in [6, 6.07) is 24.8. The van der Waals surface area contributed by atoms with Crippen molar-refractivity contribution in [3.63, 3.8) is 0 Å². The van der Waals surface area contributed by atoms with Gasteiger partial charge in [0.15, 0.2) is 27.7 Å². The minimum absolute atomic E-state index is 0.0176. The quantitative estimate of drug-likeness (QED) is 0.0373. The summed E-state index contributed by atoms with van der Waals surface area (Å²) in [6.07, 6.45) is 24.0. The highest BCUT2D eigenvalue weighted by atomic mass is 79.9. The van der Waals surface area contributed by atoms with Crippen LogP contribution >= 0.6 is 21.5 Å². The molecule has 4 heteroatoms. The van der Waals surface area contributed by atoms with E-state index in [9.17, 15) is 0 Å². The van der Waals surface area contributed by atoms with Gasteiger partial charge in [0.05, 0.1) is 0 Å². The monoisotopic (exact) mass is 735 g/mol. The molecule has 264 valence electrons. The molecule has 0 amide bonds. The average molecular weight is 737 g/mol. The van der Waals surface area contributed by atoms with Crippen LogP contribution in [-0.4, -0.2) is 19.5 Å². The summed E-state index contributed by atoms with van der Waals surface area (Å²) in [7, 11) is 0. The minimum atomic E-state index is -1.97. The minimum Gasteiger partial charge on any atom is -0.353 e. The van der Waals surface area contributed by atoms with Crippen LogP contribution in [0.4, 0.5) is 0 Å². The number of hydrogen-bond acceptors (Lipinski definition) is 2. The Morgan fingerprint density at radius 2 is 1.10 bits per heavy atom. The summed E-state index contributed by atoms with van der Waals surface area (Å²) >= 11 is 4.46. The van der Waals surface area contributed by atoms with Crippen molar-refractivity contribution in [2.24, 2.45) is 0 Å². The number of aryl methyl sites for hydroxylation is 3. The van der Waals surface area contributed by atoms with Crippen molar-refractivity contribution in [1.82, 2.24) is 0 Å². The largest absolute Gasteiger partial charge is 0.353 e. The summed E-state index contributed by atoms with van der Waals surface area (Å²) in [5.74, 6) is -1.97. The first-order valence-corrected chi connectivity index (χ1v) is 22.9. The fourth-order valence-corrected chi connectivity index (χ4v) is 13.5. The number of hydrogen-bond donors (Lipinski definition) is 0. The van der Waals surface area contributed by atoms with Crippen LogP contribution in [0, 0.1) is 20.8 Å². The molecule has 0 saturated heterocycles. The van der Waals surface area contributed by atoms with Gasteiger partial charge in [-0.3, -0.25) is 0 Å². The molecule has 0 aliphatic rings. The van der Waals surface area contributed by atoms with Gasteiger partial charge < -0.3 is 9.47 Å². The SMILES string of the molecule is CCCCCCOC(CCCCC/C=C\CCCc1cccc([P+](Br)(c2ccccc2C)c2ccccc2C)c1C)OCCCCCC. The molecule has 0 aromatic heterocycles. The molecule has 3 rings (SSSR count). The van der Waals surface area contributed by atoms with Gasteiger partial charge in [-0.1, -0.05) is 119 Å². The number of ether oxygens (including phenoxy) is 2.